The van der Waals surface area contributed by atoms with Crippen LogP contribution in [0.5, 0.6) is 0 Å². The maximum Gasteiger partial charge on any atom is 0.0514 e. The van der Waals surface area contributed by atoms with Gasteiger partial charge in [-0.05, 0) is 26.3 Å². The van der Waals surface area contributed by atoms with Crippen molar-refractivity contribution in [3.63, 3.8) is 0 Å². The number of alkyl halides is 3. The molecule has 0 aliphatic rings. The van der Waals surface area contributed by atoms with Crippen LogP contribution >= 0.6 is 34.8 Å². The predicted molar refractivity (Wildman–Crippen MR) is 52.9 cm³/mol. The van der Waals surface area contributed by atoms with Crippen LogP contribution in [0.15, 0.2) is 0 Å². The molecule has 0 aromatic heterocycles. The van der Waals surface area contributed by atoms with Crippen molar-refractivity contribution in [3.05, 3.63) is 0 Å². The van der Waals surface area contributed by atoms with Gasteiger partial charge in [0.1, 0.15) is 0 Å². The van der Waals surface area contributed by atoms with Crippen molar-refractivity contribution in [2.24, 2.45) is 5.73 Å². The monoisotopic (exact) mass is 217 g/mol. The van der Waals surface area contributed by atoms with Crippen molar-refractivity contribution >= 4 is 34.8 Å². The van der Waals surface area contributed by atoms with Gasteiger partial charge in [-0.25, -0.2) is 0 Å². The Bertz CT molecular complexity index is 97.7. The largest absolute Gasteiger partial charge is 0.330 e. The van der Waals surface area contributed by atoms with Crippen LogP contribution in [0.2, 0.25) is 0 Å². The first-order valence-electron chi connectivity index (χ1n) is 3.70. The Morgan fingerprint density at radius 2 is 1.73 bits per heavy atom. The molecule has 68 valence electrons. The average Bonchev–Trinajstić information content (AvgIpc) is 1.86. The van der Waals surface area contributed by atoms with Crippen molar-refractivity contribution in [2.45, 2.75) is 35.9 Å². The van der Waals surface area contributed by atoms with Crippen molar-refractivity contribution in [2.75, 3.05) is 6.54 Å². The third-order valence-corrected chi connectivity index (χ3v) is 2.70. The van der Waals surface area contributed by atoms with Gasteiger partial charge in [-0.3, -0.25) is 0 Å². The van der Waals surface area contributed by atoms with E-state index in [0.29, 0.717) is 6.54 Å². The fourth-order valence-electron chi connectivity index (χ4n) is 0.798. The van der Waals surface area contributed by atoms with Crippen LogP contribution in [0.1, 0.15) is 19.8 Å². The van der Waals surface area contributed by atoms with Gasteiger partial charge in [0, 0.05) is 5.38 Å². The standard InChI is InChI=1S/C7H14Cl3N/c1-5(8)4-7(10)6(9)2-3-11/h5-7H,2-4,11H2,1H3. The molecule has 11 heavy (non-hydrogen) atoms. The highest BCUT2D eigenvalue weighted by Gasteiger charge is 2.17. The van der Waals surface area contributed by atoms with Crippen molar-refractivity contribution in [3.8, 4) is 0 Å². The fraction of sp³-hybridized carbons (Fsp3) is 1.00. The quantitative estimate of drug-likeness (QED) is 0.705. The van der Waals surface area contributed by atoms with Gasteiger partial charge in [-0.1, -0.05) is 0 Å². The molecule has 3 atom stereocenters. The maximum absolute atomic E-state index is 5.93. The number of rotatable bonds is 5. The number of nitrogens with two attached hydrogens (primary N) is 1. The summed E-state index contributed by atoms with van der Waals surface area (Å²) in [6.07, 6.45) is 1.48. The minimum absolute atomic E-state index is 0.0529. The second-order valence-electron chi connectivity index (χ2n) is 2.63. The van der Waals surface area contributed by atoms with E-state index in [1.807, 2.05) is 6.92 Å². The third kappa shape index (κ3) is 6.03. The molecule has 0 aromatic carbocycles. The SMILES string of the molecule is CC(Cl)CC(Cl)C(Cl)CCN. The Labute approximate surface area is 83.2 Å². The second-order valence-corrected chi connectivity index (χ2v) is 4.49. The van der Waals surface area contributed by atoms with Gasteiger partial charge in [0.2, 0.25) is 0 Å². The van der Waals surface area contributed by atoms with Crippen LogP contribution < -0.4 is 5.73 Å². The van der Waals surface area contributed by atoms with E-state index >= 15 is 0 Å². The molecule has 0 aliphatic carbocycles. The molecule has 3 unspecified atom stereocenters. The molecular formula is C7H14Cl3N. The van der Waals surface area contributed by atoms with Gasteiger partial charge in [0.25, 0.3) is 0 Å². The lowest BCUT2D eigenvalue weighted by Gasteiger charge is -2.15. The highest BCUT2D eigenvalue weighted by molar-refractivity contribution is 6.30. The van der Waals surface area contributed by atoms with Gasteiger partial charge in [0.05, 0.1) is 10.8 Å². The van der Waals surface area contributed by atoms with Crippen molar-refractivity contribution in [1.82, 2.24) is 0 Å². The summed E-state index contributed by atoms with van der Waals surface area (Å²) in [5.41, 5.74) is 5.32. The molecule has 0 radical (unpaired) electrons. The van der Waals surface area contributed by atoms with E-state index in [1.54, 1.807) is 0 Å². The van der Waals surface area contributed by atoms with Crippen LogP contribution in [-0.2, 0) is 0 Å². The maximum atomic E-state index is 5.93. The Balaban J connectivity index is 3.54. The van der Waals surface area contributed by atoms with E-state index in [2.05, 4.69) is 0 Å². The molecule has 0 amide bonds. The molecule has 1 nitrogen and oxygen atoms in total. The summed E-state index contributed by atoms with van der Waals surface area (Å²) in [6.45, 7) is 2.48. The van der Waals surface area contributed by atoms with E-state index in [4.69, 9.17) is 40.5 Å². The molecule has 0 heterocycles. The minimum Gasteiger partial charge on any atom is -0.330 e. The van der Waals surface area contributed by atoms with E-state index in [-0.39, 0.29) is 16.1 Å². The summed E-state index contributed by atoms with van der Waals surface area (Å²) in [5, 5.41) is -0.0351. The lowest BCUT2D eigenvalue weighted by atomic mass is 10.1. The molecule has 0 saturated carbocycles. The zero-order valence-corrected chi connectivity index (χ0v) is 8.83. The summed E-state index contributed by atoms with van der Waals surface area (Å²) in [5.74, 6) is 0. The van der Waals surface area contributed by atoms with Gasteiger partial charge in [0.15, 0.2) is 0 Å². The van der Waals surface area contributed by atoms with E-state index in [0.717, 1.165) is 12.8 Å². The molecule has 0 bridgehead atoms. The van der Waals surface area contributed by atoms with Gasteiger partial charge >= 0.3 is 0 Å². The highest BCUT2D eigenvalue weighted by Crippen LogP contribution is 2.20. The Morgan fingerprint density at radius 1 is 1.18 bits per heavy atom. The van der Waals surface area contributed by atoms with Gasteiger partial charge in [-0.2, -0.15) is 0 Å². The van der Waals surface area contributed by atoms with Crippen LogP contribution in [0, 0.1) is 0 Å². The zero-order valence-electron chi connectivity index (χ0n) is 6.56. The number of hydrogen-bond acceptors (Lipinski definition) is 1. The Kier molecular flexibility index (Phi) is 6.84. The van der Waals surface area contributed by atoms with Gasteiger partial charge in [-0.15, -0.1) is 34.8 Å². The fourth-order valence-corrected chi connectivity index (χ4v) is 1.70. The summed E-state index contributed by atoms with van der Waals surface area (Å²) in [4.78, 5) is 0. The molecule has 2 N–H and O–H groups in total. The first-order valence-corrected chi connectivity index (χ1v) is 5.01. The average molecular weight is 219 g/mol. The second kappa shape index (κ2) is 6.36. The number of hydrogen-bond donors (Lipinski definition) is 1. The van der Waals surface area contributed by atoms with E-state index in [9.17, 15) is 0 Å². The molecule has 4 heteroatoms. The summed E-state index contributed by atoms with van der Waals surface area (Å²) >= 11 is 17.6. The summed E-state index contributed by atoms with van der Waals surface area (Å²) in [6, 6.07) is 0. The normalized spacial score (nSPS) is 19.4. The lowest BCUT2D eigenvalue weighted by molar-refractivity contribution is 0.657. The Morgan fingerprint density at radius 3 is 2.09 bits per heavy atom. The predicted octanol–water partition coefficient (Wildman–Crippen LogP) is 2.57. The molecular weight excluding hydrogens is 204 g/mol. The molecule has 0 aromatic rings. The summed E-state index contributed by atoms with van der Waals surface area (Å²) < 4.78 is 0. The van der Waals surface area contributed by atoms with Crippen molar-refractivity contribution < 1.29 is 0 Å². The molecule has 0 spiro atoms. The van der Waals surface area contributed by atoms with Crippen molar-refractivity contribution in [1.29, 1.82) is 0 Å². The highest BCUT2D eigenvalue weighted by atomic mass is 35.5. The van der Waals surface area contributed by atoms with E-state index in [1.165, 1.54) is 0 Å². The molecule has 0 aliphatic heterocycles. The van der Waals surface area contributed by atoms with Crippen LogP contribution in [0.4, 0.5) is 0 Å². The smallest absolute Gasteiger partial charge is 0.0514 e. The minimum atomic E-state index is -0.0623. The van der Waals surface area contributed by atoms with Crippen LogP contribution in [-0.4, -0.2) is 22.7 Å². The topological polar surface area (TPSA) is 26.0 Å². The summed E-state index contributed by atoms with van der Waals surface area (Å²) in [7, 11) is 0. The van der Waals surface area contributed by atoms with Crippen LogP contribution in [0.3, 0.4) is 0 Å². The molecule has 0 saturated heterocycles. The first-order chi connectivity index (χ1) is 5.07. The Hall–Kier alpha value is 0.830. The number of halogens is 3. The van der Waals surface area contributed by atoms with Gasteiger partial charge < -0.3 is 5.73 Å². The zero-order chi connectivity index (χ0) is 8.85. The van der Waals surface area contributed by atoms with Crippen LogP contribution in [0.25, 0.3) is 0 Å². The van der Waals surface area contributed by atoms with E-state index < -0.39 is 0 Å². The third-order valence-electron chi connectivity index (χ3n) is 1.38. The first kappa shape index (κ1) is 11.8. The molecule has 0 rings (SSSR count). The lowest BCUT2D eigenvalue weighted by Crippen LogP contribution is -2.21. The molecule has 0 fully saturated rings.